The monoisotopic (exact) mass is 1130 g/mol. The Labute approximate surface area is 480 Å². The zero-order valence-electron chi connectivity index (χ0n) is 48.9. The first kappa shape index (κ1) is 59.6. The minimum absolute atomic E-state index is 0.0140. The third-order valence-electron chi connectivity index (χ3n) is 18.5. The van der Waals surface area contributed by atoms with Crippen LogP contribution in [0.5, 0.6) is 23.0 Å². The number of allylic oxidation sites excluding steroid dienone is 4. The van der Waals surface area contributed by atoms with E-state index < -0.39 is 101 Å². The maximum Gasteiger partial charge on any atom is 0.314 e. The van der Waals surface area contributed by atoms with Crippen molar-refractivity contribution >= 4 is 35.3 Å². The van der Waals surface area contributed by atoms with Gasteiger partial charge in [-0.15, -0.1) is 0 Å². The molecular formula is C64H82N2O16. The van der Waals surface area contributed by atoms with Crippen molar-refractivity contribution in [1.82, 2.24) is 9.80 Å². The Hall–Kier alpha value is -5.57. The van der Waals surface area contributed by atoms with Crippen LogP contribution in [0.1, 0.15) is 146 Å². The largest absolute Gasteiger partial charge is 0.482 e. The van der Waals surface area contributed by atoms with Crippen LogP contribution < -0.4 is 18.9 Å². The van der Waals surface area contributed by atoms with Crippen LogP contribution in [0.3, 0.4) is 0 Å². The number of amides is 1. The molecule has 2 aromatic rings. The van der Waals surface area contributed by atoms with E-state index in [1.165, 1.54) is 24.3 Å². The lowest BCUT2D eigenvalue weighted by atomic mass is 9.44. The standard InChI is InChI=1S/C64H82N2O16/c1-35(2)14-13-23-62(9)24-22-42-54(80-62)41(20-15-36(3)4)56-47(55(42)79-59(75)38(6)32-44(68)39-16-18-40(19-17-39)77-60-53(72)52(71)50(69)45(34-67)78-60)51(70)48-49(65-28-30-76-31-29-65)43-33-46-61(7,8)82-63(57(43)73,64(46,48)81-56)25-21-37(5)58(74)66-26-11-10-12-27-66/h14-19,21-22,24,38,43,45-46,48-50,52-53,60,67,69,71-72H,10-13,20,23,25-34H2,1-9H3/b37-21-/t38?,43?,45-,46?,48?,49?,50-,52-,53-,60-,62?,63?,64?/m1/s1. The number of hydrogen-bond acceptors (Lipinski definition) is 17. The second-order valence-corrected chi connectivity index (χ2v) is 25.2. The molecule has 0 aromatic heterocycles. The number of fused-ring (bicyclic) bond motifs is 2. The summed E-state index contributed by atoms with van der Waals surface area (Å²) in [5.41, 5.74) is -1.35. The van der Waals surface area contributed by atoms with Crippen LogP contribution in [0.15, 0.2) is 65.3 Å². The molecule has 1 amide bonds. The molecule has 6 aliphatic heterocycles. The third-order valence-corrected chi connectivity index (χ3v) is 18.5. The predicted molar refractivity (Wildman–Crippen MR) is 302 cm³/mol. The molecule has 11 rings (SSSR count). The fraction of sp³-hybridized carbons (Fsp3) is 0.609. The summed E-state index contributed by atoms with van der Waals surface area (Å²) in [7, 11) is 0. The van der Waals surface area contributed by atoms with Crippen molar-refractivity contribution < 1.29 is 77.6 Å². The number of carbonyl (C=O) groups is 5. The molecule has 6 heterocycles. The Morgan fingerprint density at radius 2 is 1.55 bits per heavy atom. The lowest BCUT2D eigenvalue weighted by molar-refractivity contribution is -0.277. The van der Waals surface area contributed by atoms with E-state index in [2.05, 4.69) is 11.0 Å². The molecule has 7 fully saturated rings. The van der Waals surface area contributed by atoms with E-state index >= 15 is 9.59 Å². The Morgan fingerprint density at radius 3 is 2.22 bits per heavy atom. The Kier molecular flexibility index (Phi) is 16.8. The van der Waals surface area contributed by atoms with E-state index in [1.807, 2.05) is 77.7 Å². The van der Waals surface area contributed by atoms with Gasteiger partial charge in [-0.2, -0.15) is 0 Å². The maximum absolute atomic E-state index is 16.8. The van der Waals surface area contributed by atoms with Crippen LogP contribution in [0.25, 0.3) is 6.08 Å². The summed E-state index contributed by atoms with van der Waals surface area (Å²) < 4.78 is 46.1. The second-order valence-electron chi connectivity index (χ2n) is 25.2. The molecule has 18 heteroatoms. The smallest absolute Gasteiger partial charge is 0.314 e. The van der Waals surface area contributed by atoms with Crippen LogP contribution in [0, 0.1) is 23.7 Å². The van der Waals surface area contributed by atoms with Gasteiger partial charge in [0.2, 0.25) is 12.2 Å². The second kappa shape index (κ2) is 23.1. The van der Waals surface area contributed by atoms with E-state index in [0.717, 1.165) is 30.4 Å². The Morgan fingerprint density at radius 1 is 0.854 bits per heavy atom. The number of morpholine rings is 1. The van der Waals surface area contributed by atoms with Crippen molar-refractivity contribution in [1.29, 1.82) is 0 Å². The van der Waals surface area contributed by atoms with Gasteiger partial charge >= 0.3 is 5.97 Å². The molecule has 4 N–H and O–H groups in total. The highest BCUT2D eigenvalue weighted by molar-refractivity contribution is 6.11. The van der Waals surface area contributed by atoms with Gasteiger partial charge in [-0.05, 0) is 137 Å². The summed E-state index contributed by atoms with van der Waals surface area (Å²) in [5, 5.41) is 40.7. The minimum atomic E-state index is -1.71. The van der Waals surface area contributed by atoms with Crippen LogP contribution in [0.4, 0.5) is 0 Å². The van der Waals surface area contributed by atoms with E-state index in [4.69, 9.17) is 33.2 Å². The molecule has 82 heavy (non-hydrogen) atoms. The first-order valence-corrected chi connectivity index (χ1v) is 29.4. The minimum Gasteiger partial charge on any atom is -0.482 e. The number of piperidine rings is 1. The summed E-state index contributed by atoms with van der Waals surface area (Å²) in [4.78, 5) is 79.8. The number of ketones is 3. The normalized spacial score (nSPS) is 33.0. The zero-order chi connectivity index (χ0) is 58.8. The van der Waals surface area contributed by atoms with Gasteiger partial charge in [-0.1, -0.05) is 36.3 Å². The molecule has 8 unspecified atom stereocenters. The molecule has 444 valence electrons. The lowest BCUT2D eigenvalue weighted by Gasteiger charge is -2.64. The molecule has 3 saturated carbocycles. The molecular weight excluding hydrogens is 1050 g/mol. The van der Waals surface area contributed by atoms with Gasteiger partial charge in [-0.3, -0.25) is 28.9 Å². The number of likely N-dealkylation sites (tertiary alicyclic amines) is 1. The van der Waals surface area contributed by atoms with Crippen molar-refractivity contribution in [3.63, 3.8) is 0 Å². The molecule has 18 nitrogen and oxygen atoms in total. The molecule has 1 spiro atoms. The van der Waals surface area contributed by atoms with E-state index in [1.54, 1.807) is 13.8 Å². The van der Waals surface area contributed by atoms with Crippen LogP contribution >= 0.6 is 0 Å². The number of Topliss-reactive ketones (excluding diaryl/α,β-unsaturated/α-hetero) is 3. The maximum atomic E-state index is 16.8. The molecule has 0 radical (unpaired) electrons. The predicted octanol–water partition coefficient (Wildman–Crippen LogP) is 6.85. The number of aliphatic hydroxyl groups excluding tert-OH is 4. The molecule has 2 aromatic carbocycles. The SMILES string of the molecule is CC(C)=CCCC1(C)C=Cc2c(c(CC=C(C)C)c3c(c2OC(=O)C(C)CC(=O)c2ccc(O[C@@H]4O[C@H](CO)[C@@H](O)[C@@H](O)[C@H]4O)cc2)C(=O)C2C(N4CCOCC4)C4CC5C(C)(C)OC(C/C=C(/C)C(=O)N6CCCCC6)(C4=O)C25O3)O1. The number of rotatable bonds is 17. The summed E-state index contributed by atoms with van der Waals surface area (Å²) >= 11 is 0. The van der Waals surface area contributed by atoms with Crippen molar-refractivity contribution in [2.45, 2.75) is 179 Å². The molecule has 4 bridgehead atoms. The fourth-order valence-electron chi connectivity index (χ4n) is 14.2. The van der Waals surface area contributed by atoms with Gasteiger partial charge < -0.3 is 58.5 Å². The van der Waals surface area contributed by atoms with Gasteiger partial charge in [0.25, 0.3) is 0 Å². The van der Waals surface area contributed by atoms with E-state index in [-0.39, 0.29) is 65.1 Å². The summed E-state index contributed by atoms with van der Waals surface area (Å²) in [6.07, 6.45) is 6.81. The molecule has 3 aliphatic carbocycles. The van der Waals surface area contributed by atoms with E-state index in [0.29, 0.717) is 81.1 Å². The zero-order valence-corrected chi connectivity index (χ0v) is 48.9. The first-order chi connectivity index (χ1) is 39.0. The van der Waals surface area contributed by atoms with Crippen molar-refractivity contribution in [3.8, 4) is 23.0 Å². The Balaban J connectivity index is 1.07. The van der Waals surface area contributed by atoms with Crippen LogP contribution in [0.2, 0.25) is 0 Å². The number of ether oxygens (including phenoxy) is 7. The number of hydrogen-bond donors (Lipinski definition) is 4. The topological polar surface area (TPSA) is 237 Å². The lowest BCUT2D eigenvalue weighted by Crippen LogP contribution is -2.82. The van der Waals surface area contributed by atoms with Gasteiger partial charge in [0.1, 0.15) is 52.8 Å². The van der Waals surface area contributed by atoms with Crippen molar-refractivity contribution in [2.24, 2.45) is 23.7 Å². The summed E-state index contributed by atoms with van der Waals surface area (Å²) in [6.45, 7) is 19.7. The fourth-order valence-corrected chi connectivity index (χ4v) is 14.2. The molecule has 13 atom stereocenters. The van der Waals surface area contributed by atoms with Crippen molar-refractivity contribution in [2.75, 3.05) is 46.0 Å². The molecule has 9 aliphatic rings. The number of esters is 1. The molecule has 4 saturated heterocycles. The summed E-state index contributed by atoms with van der Waals surface area (Å²) in [6, 6.07) is 5.21. The number of aliphatic hydroxyl groups is 4. The van der Waals surface area contributed by atoms with E-state index in [9.17, 15) is 34.8 Å². The highest BCUT2D eigenvalue weighted by atomic mass is 16.7. The van der Waals surface area contributed by atoms with Gasteiger partial charge in [-0.25, -0.2) is 0 Å². The summed E-state index contributed by atoms with van der Waals surface area (Å²) in [5.74, 6) is -4.44. The number of carbonyl (C=O) groups excluding carboxylic acids is 5. The van der Waals surface area contributed by atoms with Gasteiger partial charge in [0, 0.05) is 73.6 Å². The van der Waals surface area contributed by atoms with Crippen molar-refractivity contribution in [3.05, 3.63) is 87.5 Å². The van der Waals surface area contributed by atoms with Crippen LogP contribution in [-0.2, 0) is 35.0 Å². The van der Waals surface area contributed by atoms with Gasteiger partial charge in [0.05, 0.1) is 42.8 Å². The number of benzene rings is 2. The number of nitrogens with zero attached hydrogens (tertiary/aromatic N) is 2. The Bertz CT molecular complexity index is 2960. The highest BCUT2D eigenvalue weighted by Gasteiger charge is 2.86. The average molecular weight is 1140 g/mol. The third kappa shape index (κ3) is 10.5. The quantitative estimate of drug-likeness (QED) is 0.0417. The average Bonchev–Trinajstić information content (AvgIpc) is 1.36. The first-order valence-electron chi connectivity index (χ1n) is 29.4. The van der Waals surface area contributed by atoms with Crippen LogP contribution in [-0.4, -0.2) is 165 Å². The van der Waals surface area contributed by atoms with Gasteiger partial charge in [0.15, 0.2) is 34.3 Å². The highest BCUT2D eigenvalue weighted by Crippen LogP contribution is 2.71.